The Balaban J connectivity index is 2.84. The van der Waals surface area contributed by atoms with Crippen LogP contribution >= 0.6 is 0 Å². The Hall–Kier alpha value is -0.800. The van der Waals surface area contributed by atoms with Crippen LogP contribution in [0.1, 0.15) is 13.8 Å². The standard InChI is InChI=1S/C10H22N3O5/c1-3-12(4-2)13(11)10-9(17)8(16)7(15)6(5-14)18-10/h6-11,14-17H,3-5H2,1-2H3/q+1/t6-,7-,8+,9-,10?/m1/s1. The lowest BCUT2D eigenvalue weighted by molar-refractivity contribution is -0.821. The molecule has 0 saturated carbocycles. The van der Waals surface area contributed by atoms with Gasteiger partial charge in [0.1, 0.15) is 18.3 Å². The Morgan fingerprint density at radius 3 is 2.11 bits per heavy atom. The third kappa shape index (κ3) is 2.78. The smallest absolute Gasteiger partial charge is 0.340 e. The highest BCUT2D eigenvalue weighted by molar-refractivity contribution is 4.88. The second-order valence-corrected chi connectivity index (χ2v) is 4.20. The highest BCUT2D eigenvalue weighted by Crippen LogP contribution is 2.22. The van der Waals surface area contributed by atoms with E-state index in [1.54, 1.807) is 5.01 Å². The van der Waals surface area contributed by atoms with Gasteiger partial charge >= 0.3 is 6.23 Å². The Bertz CT molecular complexity index is 285. The van der Waals surface area contributed by atoms with Crippen molar-refractivity contribution in [2.24, 2.45) is 0 Å². The second kappa shape index (κ2) is 6.39. The van der Waals surface area contributed by atoms with Gasteiger partial charge in [0.25, 0.3) is 0 Å². The molecule has 0 spiro atoms. The largest absolute Gasteiger partial charge is 0.394 e. The number of aliphatic hydroxyl groups is 4. The molecule has 1 aliphatic heterocycles. The lowest BCUT2D eigenvalue weighted by atomic mass is 9.98. The molecule has 5 atom stereocenters. The third-order valence-electron chi connectivity index (χ3n) is 3.14. The third-order valence-corrected chi connectivity index (χ3v) is 3.14. The minimum Gasteiger partial charge on any atom is -0.394 e. The van der Waals surface area contributed by atoms with Crippen LogP contribution in [0.2, 0.25) is 0 Å². The first kappa shape index (κ1) is 15.3. The number of hydrogen-bond acceptors (Lipinski definition) is 6. The predicted octanol–water partition coefficient (Wildman–Crippen LogP) is -1.91. The van der Waals surface area contributed by atoms with Gasteiger partial charge in [-0.3, -0.25) is 0 Å². The van der Waals surface area contributed by atoms with Crippen LogP contribution in [-0.4, -0.2) is 80.6 Å². The summed E-state index contributed by atoms with van der Waals surface area (Å²) < 4.78 is 5.26. The van der Waals surface area contributed by atoms with Crippen LogP contribution in [0.15, 0.2) is 0 Å². The maximum atomic E-state index is 9.83. The van der Waals surface area contributed by atoms with Gasteiger partial charge in [0, 0.05) is 4.81 Å². The van der Waals surface area contributed by atoms with E-state index in [4.69, 9.17) is 15.4 Å². The number of hydrogen-bond donors (Lipinski definition) is 5. The summed E-state index contributed by atoms with van der Waals surface area (Å²) >= 11 is 0. The van der Waals surface area contributed by atoms with E-state index >= 15 is 0 Å². The number of aliphatic hydroxyl groups excluding tert-OH is 4. The van der Waals surface area contributed by atoms with Gasteiger partial charge in [0.05, 0.1) is 19.7 Å². The molecule has 0 amide bonds. The Morgan fingerprint density at radius 2 is 1.67 bits per heavy atom. The normalized spacial score (nSPS) is 36.4. The summed E-state index contributed by atoms with van der Waals surface area (Å²) in [6.07, 6.45) is -6.38. The van der Waals surface area contributed by atoms with Gasteiger partial charge in [-0.05, 0) is 19.4 Å². The molecule has 1 rings (SSSR count). The molecule has 8 heteroatoms. The number of hydrazine groups is 1. The Labute approximate surface area is 105 Å². The average molecular weight is 264 g/mol. The Morgan fingerprint density at radius 1 is 1.11 bits per heavy atom. The van der Waals surface area contributed by atoms with E-state index in [9.17, 15) is 15.3 Å². The molecule has 0 aromatic rings. The van der Waals surface area contributed by atoms with Gasteiger partial charge in [-0.15, -0.1) is 0 Å². The summed E-state index contributed by atoms with van der Waals surface area (Å²) in [7, 11) is 0. The van der Waals surface area contributed by atoms with Crippen molar-refractivity contribution in [3.8, 4) is 0 Å². The summed E-state index contributed by atoms with van der Waals surface area (Å²) in [5, 5.41) is 39.7. The van der Waals surface area contributed by atoms with Crippen molar-refractivity contribution in [1.29, 1.82) is 5.53 Å². The first-order chi connectivity index (χ1) is 8.47. The van der Waals surface area contributed by atoms with E-state index in [2.05, 4.69) is 0 Å². The Kier molecular flexibility index (Phi) is 5.42. The van der Waals surface area contributed by atoms with Crippen molar-refractivity contribution in [2.75, 3.05) is 19.7 Å². The van der Waals surface area contributed by atoms with E-state index in [1.807, 2.05) is 13.8 Å². The van der Waals surface area contributed by atoms with Crippen molar-refractivity contribution >= 4 is 0 Å². The first-order valence-electron chi connectivity index (χ1n) is 6.03. The maximum Gasteiger partial charge on any atom is 0.340 e. The van der Waals surface area contributed by atoms with E-state index in [0.29, 0.717) is 13.1 Å². The molecule has 1 heterocycles. The van der Waals surface area contributed by atoms with Gasteiger partial charge in [0.15, 0.2) is 6.10 Å². The zero-order valence-corrected chi connectivity index (χ0v) is 10.6. The minimum atomic E-state index is -1.45. The topological polar surface area (TPSA) is 120 Å². The van der Waals surface area contributed by atoms with Gasteiger partial charge in [0.2, 0.25) is 0 Å². The van der Waals surface area contributed by atoms with Gasteiger partial charge < -0.3 is 25.2 Å². The first-order valence-corrected chi connectivity index (χ1v) is 6.03. The fraction of sp³-hybridized carbons (Fsp3) is 1.00. The molecule has 0 aliphatic carbocycles. The molecule has 106 valence electrons. The lowest BCUT2D eigenvalue weighted by Crippen LogP contribution is -2.63. The molecule has 8 nitrogen and oxygen atoms in total. The highest BCUT2D eigenvalue weighted by Gasteiger charge is 2.50. The monoisotopic (exact) mass is 264 g/mol. The second-order valence-electron chi connectivity index (χ2n) is 4.20. The molecule has 0 aromatic heterocycles. The fourth-order valence-electron chi connectivity index (χ4n) is 1.97. The van der Waals surface area contributed by atoms with Crippen LogP contribution in [0, 0.1) is 5.53 Å². The molecule has 0 bridgehead atoms. The molecule has 1 saturated heterocycles. The zero-order chi connectivity index (χ0) is 13.9. The van der Waals surface area contributed by atoms with E-state index < -0.39 is 37.3 Å². The molecule has 0 radical (unpaired) electrons. The molecular formula is C10H22N3O5+. The predicted molar refractivity (Wildman–Crippen MR) is 59.7 cm³/mol. The van der Waals surface area contributed by atoms with E-state index in [1.165, 1.54) is 0 Å². The number of nitrogens with one attached hydrogen (secondary N) is 1. The zero-order valence-electron chi connectivity index (χ0n) is 10.6. The van der Waals surface area contributed by atoms with Gasteiger partial charge in [-0.2, -0.15) is 5.01 Å². The van der Waals surface area contributed by atoms with Crippen LogP contribution in [0.25, 0.3) is 0 Å². The highest BCUT2D eigenvalue weighted by atomic mass is 16.6. The summed E-state index contributed by atoms with van der Waals surface area (Å²) in [4.78, 5) is 0.933. The molecular weight excluding hydrogens is 242 g/mol. The van der Waals surface area contributed by atoms with E-state index in [0.717, 1.165) is 4.81 Å². The summed E-state index contributed by atoms with van der Waals surface area (Å²) in [5.74, 6) is 0. The van der Waals surface area contributed by atoms with Crippen LogP contribution < -0.4 is 0 Å². The molecule has 5 N–H and O–H groups in total. The number of nitrogens with zero attached hydrogens (tertiary/aromatic N) is 2. The molecule has 0 aromatic carbocycles. The van der Waals surface area contributed by atoms with Crippen LogP contribution in [0.5, 0.6) is 0 Å². The number of ether oxygens (including phenoxy) is 1. The SMILES string of the molecule is CCN(CC)[N+](=N)C1O[C@H](CO)[C@@H](O)[C@H](O)[C@H]1O. The van der Waals surface area contributed by atoms with E-state index in [-0.39, 0.29) is 0 Å². The van der Waals surface area contributed by atoms with Crippen molar-refractivity contribution < 1.29 is 30.0 Å². The van der Waals surface area contributed by atoms with Crippen LogP contribution in [0.4, 0.5) is 0 Å². The van der Waals surface area contributed by atoms with Crippen molar-refractivity contribution in [2.45, 2.75) is 44.5 Å². The fourth-order valence-corrected chi connectivity index (χ4v) is 1.97. The maximum absolute atomic E-state index is 9.83. The van der Waals surface area contributed by atoms with Crippen molar-refractivity contribution in [3.05, 3.63) is 0 Å². The van der Waals surface area contributed by atoms with Gasteiger partial charge in [-0.1, -0.05) is 0 Å². The van der Waals surface area contributed by atoms with Crippen molar-refractivity contribution in [3.63, 3.8) is 0 Å². The average Bonchev–Trinajstić information content (AvgIpc) is 2.37. The van der Waals surface area contributed by atoms with Crippen LogP contribution in [-0.2, 0) is 4.74 Å². The summed E-state index contributed by atoms with van der Waals surface area (Å²) in [6.45, 7) is 4.27. The molecule has 1 fully saturated rings. The summed E-state index contributed by atoms with van der Waals surface area (Å²) in [6, 6.07) is 0. The number of rotatable bonds is 5. The quantitative estimate of drug-likeness (QED) is 0.224. The van der Waals surface area contributed by atoms with Crippen molar-refractivity contribution in [1.82, 2.24) is 5.01 Å². The minimum absolute atomic E-state index is 0.493. The molecule has 1 aliphatic rings. The molecule has 18 heavy (non-hydrogen) atoms. The lowest BCUT2D eigenvalue weighted by Gasteiger charge is -2.37. The van der Waals surface area contributed by atoms with Gasteiger partial charge in [-0.25, -0.2) is 0 Å². The molecule has 1 unspecified atom stereocenters. The summed E-state index contributed by atoms with van der Waals surface area (Å²) in [5.41, 5.74) is 7.87. The van der Waals surface area contributed by atoms with Crippen LogP contribution in [0.3, 0.4) is 0 Å².